The van der Waals surface area contributed by atoms with Gasteiger partial charge in [0.2, 0.25) is 0 Å². The van der Waals surface area contributed by atoms with Crippen LogP contribution in [0.25, 0.3) is 0 Å². The summed E-state index contributed by atoms with van der Waals surface area (Å²) < 4.78 is 12.5. The van der Waals surface area contributed by atoms with E-state index in [2.05, 4.69) is 33.4 Å². The van der Waals surface area contributed by atoms with Gasteiger partial charge in [0, 0.05) is 39.4 Å². The first-order chi connectivity index (χ1) is 6.75. The molecule has 1 aromatic carbocycles. The van der Waals surface area contributed by atoms with Gasteiger partial charge in [-0.2, -0.15) is 0 Å². The molecule has 1 N–H and O–H groups in total. The quantitative estimate of drug-likeness (QED) is 0.846. The Morgan fingerprint density at radius 3 is 3.07 bits per heavy atom. The van der Waals surface area contributed by atoms with E-state index in [1.165, 1.54) is 5.56 Å². The standard InChI is InChI=1S/C10H12BrNOS/c11-9-3-1-2-8(6-9)10-7-14(13)5-4-12-10/h1-3,6,10,12H,4-5,7H2. The van der Waals surface area contributed by atoms with Crippen molar-refractivity contribution >= 4 is 26.7 Å². The smallest absolute Gasteiger partial charge is 0.0437 e. The molecule has 2 atom stereocenters. The third kappa shape index (κ3) is 2.43. The highest BCUT2D eigenvalue weighted by atomic mass is 79.9. The van der Waals surface area contributed by atoms with Crippen LogP contribution in [0.2, 0.25) is 0 Å². The van der Waals surface area contributed by atoms with Gasteiger partial charge in [-0.15, -0.1) is 0 Å². The van der Waals surface area contributed by atoms with Gasteiger partial charge in [-0.3, -0.25) is 4.21 Å². The lowest BCUT2D eigenvalue weighted by Gasteiger charge is -2.23. The summed E-state index contributed by atoms with van der Waals surface area (Å²) in [5, 5.41) is 3.38. The summed E-state index contributed by atoms with van der Waals surface area (Å²) in [5.41, 5.74) is 1.22. The Balaban J connectivity index is 2.17. The van der Waals surface area contributed by atoms with Gasteiger partial charge in [-0.05, 0) is 17.7 Å². The molecule has 1 aliphatic rings. The van der Waals surface area contributed by atoms with Crippen molar-refractivity contribution in [3.63, 3.8) is 0 Å². The first-order valence-corrected chi connectivity index (χ1v) is 6.87. The van der Waals surface area contributed by atoms with Gasteiger partial charge in [-0.1, -0.05) is 28.1 Å². The minimum Gasteiger partial charge on any atom is -0.308 e. The van der Waals surface area contributed by atoms with E-state index in [1.54, 1.807) is 0 Å². The molecule has 1 aliphatic heterocycles. The maximum atomic E-state index is 11.4. The molecule has 1 fully saturated rings. The third-order valence-corrected chi connectivity index (χ3v) is 4.18. The summed E-state index contributed by atoms with van der Waals surface area (Å²) in [6, 6.07) is 8.43. The van der Waals surface area contributed by atoms with Crippen molar-refractivity contribution in [2.45, 2.75) is 6.04 Å². The first-order valence-electron chi connectivity index (χ1n) is 4.59. The number of halogens is 1. The summed E-state index contributed by atoms with van der Waals surface area (Å²) >= 11 is 3.44. The van der Waals surface area contributed by atoms with Crippen LogP contribution in [0.4, 0.5) is 0 Å². The zero-order valence-electron chi connectivity index (χ0n) is 7.70. The number of rotatable bonds is 1. The van der Waals surface area contributed by atoms with Crippen LogP contribution in [0.5, 0.6) is 0 Å². The Morgan fingerprint density at radius 1 is 1.50 bits per heavy atom. The van der Waals surface area contributed by atoms with Gasteiger partial charge in [0.15, 0.2) is 0 Å². The zero-order valence-corrected chi connectivity index (χ0v) is 10.1. The molecule has 0 aliphatic carbocycles. The molecule has 2 unspecified atom stereocenters. The van der Waals surface area contributed by atoms with E-state index in [9.17, 15) is 4.21 Å². The second kappa shape index (κ2) is 4.55. The molecule has 0 aromatic heterocycles. The molecular formula is C10H12BrNOS. The summed E-state index contributed by atoms with van der Waals surface area (Å²) in [4.78, 5) is 0. The molecule has 2 nitrogen and oxygen atoms in total. The molecule has 0 radical (unpaired) electrons. The van der Waals surface area contributed by atoms with E-state index in [0.29, 0.717) is 0 Å². The normalized spacial score (nSPS) is 27.5. The zero-order chi connectivity index (χ0) is 9.97. The van der Waals surface area contributed by atoms with Crippen LogP contribution in [0.3, 0.4) is 0 Å². The first kappa shape index (κ1) is 10.3. The van der Waals surface area contributed by atoms with Crippen molar-refractivity contribution < 1.29 is 4.21 Å². The van der Waals surface area contributed by atoms with Crippen LogP contribution < -0.4 is 5.32 Å². The predicted molar refractivity (Wildman–Crippen MR) is 62.8 cm³/mol. The van der Waals surface area contributed by atoms with Gasteiger partial charge < -0.3 is 5.32 Å². The van der Waals surface area contributed by atoms with Gasteiger partial charge in [-0.25, -0.2) is 0 Å². The van der Waals surface area contributed by atoms with E-state index < -0.39 is 10.8 Å². The Hall–Kier alpha value is -0.190. The largest absolute Gasteiger partial charge is 0.308 e. The lowest BCUT2D eigenvalue weighted by Crippen LogP contribution is -2.36. The predicted octanol–water partition coefficient (Wildman–Crippen LogP) is 1.84. The summed E-state index contributed by atoms with van der Waals surface area (Å²) in [6.07, 6.45) is 0. The van der Waals surface area contributed by atoms with Crippen LogP contribution in [0, 0.1) is 0 Å². The SMILES string of the molecule is O=S1CCNC(c2cccc(Br)c2)C1. The highest BCUT2D eigenvalue weighted by Gasteiger charge is 2.19. The lowest BCUT2D eigenvalue weighted by molar-refractivity contribution is 0.572. The molecule has 1 saturated heterocycles. The fourth-order valence-corrected chi connectivity index (χ4v) is 3.22. The highest BCUT2D eigenvalue weighted by molar-refractivity contribution is 9.10. The van der Waals surface area contributed by atoms with E-state index in [-0.39, 0.29) is 6.04 Å². The average molecular weight is 274 g/mol. The number of hydrogen-bond acceptors (Lipinski definition) is 2. The minimum absolute atomic E-state index is 0.252. The Bertz CT molecular complexity index is 356. The average Bonchev–Trinajstić information content (AvgIpc) is 2.18. The molecule has 0 bridgehead atoms. The van der Waals surface area contributed by atoms with E-state index >= 15 is 0 Å². The van der Waals surface area contributed by atoms with Crippen molar-refractivity contribution in [1.82, 2.24) is 5.32 Å². The van der Waals surface area contributed by atoms with Crippen molar-refractivity contribution in [1.29, 1.82) is 0 Å². The maximum Gasteiger partial charge on any atom is 0.0437 e. The molecule has 76 valence electrons. The second-order valence-electron chi connectivity index (χ2n) is 3.37. The fourth-order valence-electron chi connectivity index (χ4n) is 1.61. The monoisotopic (exact) mass is 273 g/mol. The molecule has 0 amide bonds. The van der Waals surface area contributed by atoms with Crippen molar-refractivity contribution in [2.24, 2.45) is 0 Å². The van der Waals surface area contributed by atoms with Crippen LogP contribution >= 0.6 is 15.9 Å². The van der Waals surface area contributed by atoms with E-state index in [0.717, 1.165) is 22.5 Å². The second-order valence-corrected chi connectivity index (χ2v) is 5.91. The van der Waals surface area contributed by atoms with E-state index in [1.807, 2.05) is 12.1 Å². The summed E-state index contributed by atoms with van der Waals surface area (Å²) in [7, 11) is -0.655. The van der Waals surface area contributed by atoms with Gasteiger partial charge in [0.25, 0.3) is 0 Å². The highest BCUT2D eigenvalue weighted by Crippen LogP contribution is 2.20. The van der Waals surface area contributed by atoms with Crippen molar-refractivity contribution in [3.8, 4) is 0 Å². The Morgan fingerprint density at radius 2 is 2.36 bits per heavy atom. The molecule has 4 heteroatoms. The van der Waals surface area contributed by atoms with E-state index in [4.69, 9.17) is 0 Å². The van der Waals surface area contributed by atoms with Crippen LogP contribution in [0.1, 0.15) is 11.6 Å². The number of nitrogens with one attached hydrogen (secondary N) is 1. The van der Waals surface area contributed by atoms with Crippen molar-refractivity contribution in [2.75, 3.05) is 18.1 Å². The third-order valence-electron chi connectivity index (χ3n) is 2.32. The van der Waals surface area contributed by atoms with Gasteiger partial charge in [0.05, 0.1) is 0 Å². The summed E-state index contributed by atoms with van der Waals surface area (Å²) in [6.45, 7) is 0.851. The Labute approximate surface area is 94.7 Å². The molecule has 1 aromatic rings. The molecule has 2 rings (SSSR count). The molecule has 0 spiro atoms. The van der Waals surface area contributed by atoms with Gasteiger partial charge in [0.1, 0.15) is 0 Å². The molecule has 0 saturated carbocycles. The minimum atomic E-state index is -0.655. The lowest BCUT2D eigenvalue weighted by atomic mass is 10.1. The fraction of sp³-hybridized carbons (Fsp3) is 0.400. The molecule has 14 heavy (non-hydrogen) atoms. The molecular weight excluding hydrogens is 262 g/mol. The van der Waals surface area contributed by atoms with Crippen LogP contribution in [0.15, 0.2) is 28.7 Å². The van der Waals surface area contributed by atoms with Crippen LogP contribution in [-0.2, 0) is 10.8 Å². The maximum absolute atomic E-state index is 11.4. The summed E-state index contributed by atoms with van der Waals surface area (Å²) in [5.74, 6) is 1.51. The van der Waals surface area contributed by atoms with Gasteiger partial charge >= 0.3 is 0 Å². The van der Waals surface area contributed by atoms with Crippen molar-refractivity contribution in [3.05, 3.63) is 34.3 Å². The topological polar surface area (TPSA) is 29.1 Å². The number of benzene rings is 1. The Kier molecular flexibility index (Phi) is 3.36. The van der Waals surface area contributed by atoms with Crippen LogP contribution in [-0.4, -0.2) is 22.3 Å². The molecule has 1 heterocycles. The number of hydrogen-bond donors (Lipinski definition) is 1.